The number of benzene rings is 2. The molecule has 0 amide bonds. The van der Waals surface area contributed by atoms with Crippen molar-refractivity contribution in [1.29, 1.82) is 0 Å². The quantitative estimate of drug-likeness (QED) is 0.880. The summed E-state index contributed by atoms with van der Waals surface area (Å²) in [5, 5.41) is 9.12. The van der Waals surface area contributed by atoms with Gasteiger partial charge in [0, 0.05) is 30.3 Å². The molecular weight excluding hydrogens is 274 g/mol. The molecule has 2 aromatic rings. The Morgan fingerprint density at radius 3 is 2.36 bits per heavy atom. The number of hydrogen-bond donors (Lipinski definition) is 1. The number of anilines is 1. The largest absolute Gasteiger partial charge is 0.395 e. The fraction of sp³-hybridized carbons (Fsp3) is 0.316. The van der Waals surface area contributed by atoms with E-state index in [1.165, 1.54) is 22.3 Å². The Balaban J connectivity index is 2.13. The molecule has 1 N–H and O–H groups in total. The number of aliphatic hydroxyl groups excluding tert-OH is 1. The summed E-state index contributed by atoms with van der Waals surface area (Å²) in [6.07, 6.45) is 0.903. The Hall–Kier alpha value is -2.13. The molecular formula is C19H21NO2. The molecule has 0 fully saturated rings. The number of nitrogens with zero attached hydrogens (tertiary/aromatic N) is 1. The minimum absolute atomic E-state index is 0.125. The molecule has 0 unspecified atom stereocenters. The van der Waals surface area contributed by atoms with Crippen LogP contribution in [0.4, 0.5) is 5.69 Å². The lowest BCUT2D eigenvalue weighted by Gasteiger charge is -2.24. The van der Waals surface area contributed by atoms with Crippen molar-refractivity contribution in [2.24, 2.45) is 0 Å². The summed E-state index contributed by atoms with van der Waals surface area (Å²) in [7, 11) is 1.98. The average Bonchev–Trinajstić information content (AvgIpc) is 2.75. The first-order valence-corrected chi connectivity index (χ1v) is 7.55. The Morgan fingerprint density at radius 2 is 1.73 bits per heavy atom. The Bertz CT molecular complexity index is 734. The number of rotatable bonds is 4. The third-order valence-corrected chi connectivity index (χ3v) is 4.70. The molecule has 0 aliphatic heterocycles. The molecule has 0 saturated carbocycles. The SMILES string of the molecule is CN(CCO)c1ccc2c(c1)C(C)(C)c1cc(C=O)ccc1-2. The summed E-state index contributed by atoms with van der Waals surface area (Å²) < 4.78 is 0. The molecule has 1 aliphatic rings. The van der Waals surface area contributed by atoms with Gasteiger partial charge in [-0.15, -0.1) is 0 Å². The molecule has 2 aromatic carbocycles. The molecule has 114 valence electrons. The third-order valence-electron chi connectivity index (χ3n) is 4.70. The van der Waals surface area contributed by atoms with Crippen molar-refractivity contribution in [3.63, 3.8) is 0 Å². The Kier molecular flexibility index (Phi) is 3.53. The van der Waals surface area contributed by atoms with E-state index in [1.807, 2.05) is 25.2 Å². The molecule has 0 radical (unpaired) electrons. The lowest BCUT2D eigenvalue weighted by molar-refractivity contribution is 0.112. The molecule has 3 rings (SSSR count). The van der Waals surface area contributed by atoms with Crippen LogP contribution in [0.25, 0.3) is 11.1 Å². The van der Waals surface area contributed by atoms with E-state index in [0.717, 1.165) is 17.5 Å². The van der Waals surface area contributed by atoms with Crippen molar-refractivity contribution in [3.05, 3.63) is 53.1 Å². The van der Waals surface area contributed by atoms with E-state index in [-0.39, 0.29) is 12.0 Å². The lowest BCUT2D eigenvalue weighted by atomic mass is 9.82. The van der Waals surface area contributed by atoms with Gasteiger partial charge in [-0.25, -0.2) is 0 Å². The number of aliphatic hydroxyl groups is 1. The normalized spacial score (nSPS) is 14.4. The van der Waals surface area contributed by atoms with Crippen molar-refractivity contribution in [2.75, 3.05) is 25.1 Å². The molecule has 0 spiro atoms. The first-order chi connectivity index (χ1) is 10.5. The molecule has 0 heterocycles. The van der Waals surface area contributed by atoms with Gasteiger partial charge < -0.3 is 10.0 Å². The van der Waals surface area contributed by atoms with Gasteiger partial charge >= 0.3 is 0 Å². The predicted molar refractivity (Wildman–Crippen MR) is 89.7 cm³/mol. The summed E-state index contributed by atoms with van der Waals surface area (Å²) in [6, 6.07) is 12.4. The van der Waals surface area contributed by atoms with Crippen LogP contribution < -0.4 is 4.90 Å². The molecule has 0 bridgehead atoms. The van der Waals surface area contributed by atoms with Gasteiger partial charge in [-0.05, 0) is 40.5 Å². The molecule has 22 heavy (non-hydrogen) atoms. The standard InChI is InChI=1S/C19H21NO2/c1-19(2)17-10-13(12-22)4-6-15(17)16-7-5-14(11-18(16)19)20(3)8-9-21/h4-7,10-12,21H,8-9H2,1-3H3. The number of likely N-dealkylation sites (N-methyl/N-ethyl adjacent to an activating group) is 1. The van der Waals surface area contributed by atoms with Gasteiger partial charge in [0.1, 0.15) is 6.29 Å². The van der Waals surface area contributed by atoms with Crippen LogP contribution in [0, 0.1) is 0 Å². The predicted octanol–water partition coefficient (Wildman–Crippen LogP) is 3.23. The summed E-state index contributed by atoms with van der Waals surface area (Å²) in [5.74, 6) is 0. The number of aldehydes is 1. The van der Waals surface area contributed by atoms with Gasteiger partial charge in [-0.3, -0.25) is 4.79 Å². The average molecular weight is 295 g/mol. The van der Waals surface area contributed by atoms with E-state index in [4.69, 9.17) is 5.11 Å². The lowest BCUT2D eigenvalue weighted by Crippen LogP contribution is -2.22. The number of hydrogen-bond acceptors (Lipinski definition) is 3. The van der Waals surface area contributed by atoms with Crippen molar-refractivity contribution in [3.8, 4) is 11.1 Å². The van der Waals surface area contributed by atoms with Crippen LogP contribution in [0.2, 0.25) is 0 Å². The van der Waals surface area contributed by atoms with Crippen LogP contribution in [-0.2, 0) is 5.41 Å². The molecule has 0 saturated heterocycles. The minimum Gasteiger partial charge on any atom is -0.395 e. The first-order valence-electron chi connectivity index (χ1n) is 7.55. The van der Waals surface area contributed by atoms with E-state index in [1.54, 1.807) is 0 Å². The van der Waals surface area contributed by atoms with Gasteiger partial charge in [0.05, 0.1) is 6.61 Å². The second kappa shape index (κ2) is 5.25. The Labute approximate surface area is 131 Å². The highest BCUT2D eigenvalue weighted by atomic mass is 16.3. The molecule has 0 aromatic heterocycles. The van der Waals surface area contributed by atoms with Gasteiger partial charge in [0.25, 0.3) is 0 Å². The van der Waals surface area contributed by atoms with E-state index in [0.29, 0.717) is 6.54 Å². The zero-order valence-corrected chi connectivity index (χ0v) is 13.3. The highest BCUT2D eigenvalue weighted by Gasteiger charge is 2.35. The van der Waals surface area contributed by atoms with Gasteiger partial charge in [0.2, 0.25) is 0 Å². The van der Waals surface area contributed by atoms with Crippen LogP contribution in [0.3, 0.4) is 0 Å². The fourth-order valence-corrected chi connectivity index (χ4v) is 3.33. The number of fused-ring (bicyclic) bond motifs is 3. The number of carbonyl (C=O) groups excluding carboxylic acids is 1. The number of carbonyl (C=O) groups is 1. The summed E-state index contributed by atoms with van der Waals surface area (Å²) in [4.78, 5) is 13.1. The molecule has 3 heteroatoms. The van der Waals surface area contributed by atoms with Gasteiger partial charge in [0.15, 0.2) is 0 Å². The van der Waals surface area contributed by atoms with E-state index < -0.39 is 0 Å². The van der Waals surface area contributed by atoms with Crippen LogP contribution in [0.1, 0.15) is 35.3 Å². The Morgan fingerprint density at radius 1 is 1.09 bits per heavy atom. The molecule has 0 atom stereocenters. The minimum atomic E-state index is -0.125. The maximum Gasteiger partial charge on any atom is 0.150 e. The van der Waals surface area contributed by atoms with E-state index >= 15 is 0 Å². The van der Waals surface area contributed by atoms with Crippen LogP contribution in [0.15, 0.2) is 36.4 Å². The van der Waals surface area contributed by atoms with E-state index in [2.05, 4.69) is 36.9 Å². The van der Waals surface area contributed by atoms with Crippen molar-refractivity contribution in [1.82, 2.24) is 0 Å². The first kappa shape index (κ1) is 14.8. The van der Waals surface area contributed by atoms with Crippen LogP contribution >= 0.6 is 0 Å². The second-order valence-corrected chi connectivity index (χ2v) is 6.42. The van der Waals surface area contributed by atoms with Gasteiger partial charge in [-0.2, -0.15) is 0 Å². The summed E-state index contributed by atoms with van der Waals surface area (Å²) in [6.45, 7) is 5.14. The van der Waals surface area contributed by atoms with Crippen molar-refractivity contribution in [2.45, 2.75) is 19.3 Å². The second-order valence-electron chi connectivity index (χ2n) is 6.42. The zero-order valence-electron chi connectivity index (χ0n) is 13.3. The topological polar surface area (TPSA) is 40.5 Å². The highest BCUT2D eigenvalue weighted by molar-refractivity contribution is 5.86. The smallest absolute Gasteiger partial charge is 0.150 e. The van der Waals surface area contributed by atoms with E-state index in [9.17, 15) is 4.79 Å². The molecule has 3 nitrogen and oxygen atoms in total. The summed E-state index contributed by atoms with van der Waals surface area (Å²) in [5.41, 5.74) is 6.61. The zero-order chi connectivity index (χ0) is 15.9. The monoisotopic (exact) mass is 295 g/mol. The maximum absolute atomic E-state index is 11.1. The van der Waals surface area contributed by atoms with Crippen LogP contribution in [-0.4, -0.2) is 31.6 Å². The maximum atomic E-state index is 11.1. The van der Waals surface area contributed by atoms with Crippen molar-refractivity contribution < 1.29 is 9.90 Å². The fourth-order valence-electron chi connectivity index (χ4n) is 3.33. The summed E-state index contributed by atoms with van der Waals surface area (Å²) >= 11 is 0. The van der Waals surface area contributed by atoms with Crippen molar-refractivity contribution >= 4 is 12.0 Å². The van der Waals surface area contributed by atoms with Crippen LogP contribution in [0.5, 0.6) is 0 Å². The third kappa shape index (κ3) is 2.13. The highest BCUT2D eigenvalue weighted by Crippen LogP contribution is 2.49. The van der Waals surface area contributed by atoms with Gasteiger partial charge in [-0.1, -0.05) is 32.0 Å². The molecule has 1 aliphatic carbocycles.